The normalized spacial score (nSPS) is 19.1. The van der Waals surface area contributed by atoms with E-state index in [4.69, 9.17) is 0 Å². The number of aromatic nitrogens is 2. The quantitative estimate of drug-likeness (QED) is 0.883. The topological polar surface area (TPSA) is 59.0 Å². The van der Waals surface area contributed by atoms with E-state index in [0.717, 1.165) is 42.8 Å². The first-order valence-corrected chi connectivity index (χ1v) is 7.16. The summed E-state index contributed by atoms with van der Waals surface area (Å²) < 4.78 is 1.97. The smallest absolute Gasteiger partial charge is 0.240 e. The maximum Gasteiger partial charge on any atom is 0.240 e. The van der Waals surface area contributed by atoms with E-state index >= 15 is 0 Å². The number of fused-ring (bicyclic) bond motifs is 1. The van der Waals surface area contributed by atoms with Gasteiger partial charge in [0.25, 0.3) is 0 Å². The molecule has 3 rings (SSSR count). The number of hydrogen-bond acceptors (Lipinski definition) is 3. The van der Waals surface area contributed by atoms with Crippen LogP contribution < -0.4 is 10.6 Å². The Labute approximate surface area is 118 Å². The van der Waals surface area contributed by atoms with Crippen molar-refractivity contribution >= 4 is 16.9 Å². The summed E-state index contributed by atoms with van der Waals surface area (Å²) in [5.74, 6) is 0.938. The number of para-hydroxylation sites is 2. The SMILES string of the molecule is Cc1nc2ccccc2n1CC(=O)N[C@H]1CCCNC1. The van der Waals surface area contributed by atoms with Crippen LogP contribution in [0.2, 0.25) is 0 Å². The average molecular weight is 272 g/mol. The van der Waals surface area contributed by atoms with Crippen LogP contribution >= 0.6 is 0 Å². The van der Waals surface area contributed by atoms with Gasteiger partial charge in [-0.2, -0.15) is 0 Å². The zero-order chi connectivity index (χ0) is 13.9. The van der Waals surface area contributed by atoms with E-state index < -0.39 is 0 Å². The molecule has 1 fully saturated rings. The number of amides is 1. The fraction of sp³-hybridized carbons (Fsp3) is 0.467. The molecule has 0 spiro atoms. The number of piperidine rings is 1. The second-order valence-electron chi connectivity index (χ2n) is 5.34. The summed E-state index contributed by atoms with van der Waals surface area (Å²) in [6.07, 6.45) is 2.18. The van der Waals surface area contributed by atoms with Gasteiger partial charge in [0.2, 0.25) is 5.91 Å². The Morgan fingerprint density at radius 3 is 3.15 bits per heavy atom. The highest BCUT2D eigenvalue weighted by Crippen LogP contribution is 2.15. The Bertz CT molecular complexity index is 613. The third-order valence-corrected chi connectivity index (χ3v) is 3.81. The Morgan fingerprint density at radius 1 is 1.50 bits per heavy atom. The number of aryl methyl sites for hydroxylation is 1. The molecule has 1 atom stereocenters. The molecule has 2 aromatic rings. The number of imidazole rings is 1. The van der Waals surface area contributed by atoms with E-state index in [1.807, 2.05) is 35.8 Å². The molecule has 2 heterocycles. The Balaban J connectivity index is 1.72. The highest BCUT2D eigenvalue weighted by Gasteiger charge is 2.16. The van der Waals surface area contributed by atoms with Gasteiger partial charge in [-0.25, -0.2) is 4.98 Å². The van der Waals surface area contributed by atoms with Crippen molar-refractivity contribution in [2.24, 2.45) is 0 Å². The summed E-state index contributed by atoms with van der Waals surface area (Å²) in [7, 11) is 0. The van der Waals surface area contributed by atoms with Crippen LogP contribution in [0.1, 0.15) is 18.7 Å². The summed E-state index contributed by atoms with van der Waals surface area (Å²) >= 11 is 0. The van der Waals surface area contributed by atoms with E-state index in [2.05, 4.69) is 15.6 Å². The zero-order valence-corrected chi connectivity index (χ0v) is 11.7. The minimum atomic E-state index is 0.0601. The molecular formula is C15H20N4O. The van der Waals surface area contributed by atoms with Crippen molar-refractivity contribution < 1.29 is 4.79 Å². The maximum atomic E-state index is 12.2. The highest BCUT2D eigenvalue weighted by molar-refractivity contribution is 5.81. The van der Waals surface area contributed by atoms with E-state index in [-0.39, 0.29) is 11.9 Å². The minimum Gasteiger partial charge on any atom is -0.351 e. The molecule has 2 N–H and O–H groups in total. The number of carbonyl (C=O) groups is 1. The van der Waals surface area contributed by atoms with Crippen LogP contribution in [0.25, 0.3) is 11.0 Å². The van der Waals surface area contributed by atoms with E-state index in [9.17, 15) is 4.79 Å². The van der Waals surface area contributed by atoms with Gasteiger partial charge in [-0.15, -0.1) is 0 Å². The Morgan fingerprint density at radius 2 is 2.35 bits per heavy atom. The predicted octanol–water partition coefficient (Wildman–Crippen LogP) is 1.21. The molecule has 0 radical (unpaired) electrons. The average Bonchev–Trinajstić information content (AvgIpc) is 2.76. The lowest BCUT2D eigenvalue weighted by Crippen LogP contribution is -2.46. The van der Waals surface area contributed by atoms with Gasteiger partial charge in [0.1, 0.15) is 12.4 Å². The third kappa shape index (κ3) is 2.67. The van der Waals surface area contributed by atoms with Gasteiger partial charge in [0, 0.05) is 12.6 Å². The van der Waals surface area contributed by atoms with Crippen LogP contribution in [-0.2, 0) is 11.3 Å². The van der Waals surface area contributed by atoms with Gasteiger partial charge >= 0.3 is 0 Å². The molecule has 0 unspecified atom stereocenters. The van der Waals surface area contributed by atoms with Crippen LogP contribution in [0.3, 0.4) is 0 Å². The molecule has 1 aliphatic rings. The molecule has 0 aliphatic carbocycles. The summed E-state index contributed by atoms with van der Waals surface area (Å²) in [5.41, 5.74) is 1.96. The van der Waals surface area contributed by atoms with E-state index in [1.54, 1.807) is 0 Å². The zero-order valence-electron chi connectivity index (χ0n) is 11.7. The Hall–Kier alpha value is -1.88. The molecule has 0 bridgehead atoms. The molecule has 106 valence electrons. The second kappa shape index (κ2) is 5.63. The second-order valence-corrected chi connectivity index (χ2v) is 5.34. The lowest BCUT2D eigenvalue weighted by molar-refractivity contribution is -0.122. The lowest BCUT2D eigenvalue weighted by Gasteiger charge is -2.24. The van der Waals surface area contributed by atoms with Crippen molar-refractivity contribution in [1.82, 2.24) is 20.2 Å². The van der Waals surface area contributed by atoms with Crippen molar-refractivity contribution in [3.63, 3.8) is 0 Å². The molecule has 1 saturated heterocycles. The number of benzene rings is 1. The molecule has 1 amide bonds. The molecular weight excluding hydrogens is 252 g/mol. The largest absolute Gasteiger partial charge is 0.351 e. The first kappa shape index (κ1) is 13.1. The standard InChI is InChI=1S/C15H20N4O/c1-11-17-13-6-2-3-7-14(13)19(11)10-15(20)18-12-5-4-8-16-9-12/h2-3,6-7,12,16H,4-5,8-10H2,1H3,(H,18,20)/t12-/m0/s1. The van der Waals surface area contributed by atoms with Crippen LogP contribution in [0, 0.1) is 6.92 Å². The van der Waals surface area contributed by atoms with Crippen LogP contribution in [0.4, 0.5) is 0 Å². The summed E-state index contributed by atoms with van der Waals surface area (Å²) in [6.45, 7) is 4.20. The molecule has 5 nitrogen and oxygen atoms in total. The van der Waals surface area contributed by atoms with Crippen molar-refractivity contribution in [2.75, 3.05) is 13.1 Å². The van der Waals surface area contributed by atoms with Gasteiger partial charge in [0.15, 0.2) is 0 Å². The third-order valence-electron chi connectivity index (χ3n) is 3.81. The summed E-state index contributed by atoms with van der Waals surface area (Å²) in [6, 6.07) is 8.17. The Kier molecular flexibility index (Phi) is 3.69. The number of rotatable bonds is 3. The van der Waals surface area contributed by atoms with Gasteiger partial charge in [-0.3, -0.25) is 4.79 Å². The van der Waals surface area contributed by atoms with Crippen molar-refractivity contribution in [3.8, 4) is 0 Å². The minimum absolute atomic E-state index is 0.0601. The van der Waals surface area contributed by atoms with Crippen molar-refractivity contribution in [2.45, 2.75) is 32.4 Å². The van der Waals surface area contributed by atoms with Crippen LogP contribution in [0.5, 0.6) is 0 Å². The number of nitrogens with one attached hydrogen (secondary N) is 2. The first-order valence-electron chi connectivity index (χ1n) is 7.16. The fourth-order valence-corrected chi connectivity index (χ4v) is 2.79. The van der Waals surface area contributed by atoms with Crippen LogP contribution in [-0.4, -0.2) is 34.6 Å². The van der Waals surface area contributed by atoms with Gasteiger partial charge in [-0.05, 0) is 38.4 Å². The van der Waals surface area contributed by atoms with Crippen LogP contribution in [0.15, 0.2) is 24.3 Å². The summed E-state index contributed by atoms with van der Waals surface area (Å²) in [4.78, 5) is 16.7. The van der Waals surface area contributed by atoms with Gasteiger partial charge in [-0.1, -0.05) is 12.1 Å². The number of nitrogens with zero attached hydrogens (tertiary/aromatic N) is 2. The molecule has 1 aliphatic heterocycles. The fourth-order valence-electron chi connectivity index (χ4n) is 2.79. The van der Waals surface area contributed by atoms with Gasteiger partial charge < -0.3 is 15.2 Å². The molecule has 0 saturated carbocycles. The number of hydrogen-bond donors (Lipinski definition) is 2. The molecule has 20 heavy (non-hydrogen) atoms. The number of carbonyl (C=O) groups excluding carboxylic acids is 1. The van der Waals surface area contributed by atoms with Crippen molar-refractivity contribution in [1.29, 1.82) is 0 Å². The monoisotopic (exact) mass is 272 g/mol. The highest BCUT2D eigenvalue weighted by atomic mass is 16.2. The molecule has 1 aromatic carbocycles. The molecule has 1 aromatic heterocycles. The van der Waals surface area contributed by atoms with Crippen molar-refractivity contribution in [3.05, 3.63) is 30.1 Å². The first-order chi connectivity index (χ1) is 9.74. The molecule has 5 heteroatoms. The lowest BCUT2D eigenvalue weighted by atomic mass is 10.1. The van der Waals surface area contributed by atoms with E-state index in [1.165, 1.54) is 0 Å². The summed E-state index contributed by atoms with van der Waals surface area (Å²) in [5, 5.41) is 6.41. The maximum absolute atomic E-state index is 12.2. The van der Waals surface area contributed by atoms with E-state index in [0.29, 0.717) is 6.54 Å². The van der Waals surface area contributed by atoms with Gasteiger partial charge in [0.05, 0.1) is 11.0 Å². The predicted molar refractivity (Wildman–Crippen MR) is 78.5 cm³/mol.